The van der Waals surface area contributed by atoms with Crippen molar-refractivity contribution in [3.05, 3.63) is 28.8 Å². The molecule has 13 heavy (non-hydrogen) atoms. The van der Waals surface area contributed by atoms with Gasteiger partial charge >= 0.3 is 0 Å². The summed E-state index contributed by atoms with van der Waals surface area (Å²) in [5.74, 6) is 1.72. The van der Waals surface area contributed by atoms with Crippen molar-refractivity contribution >= 4 is 11.6 Å². The minimum Gasteiger partial charge on any atom is -0.493 e. The van der Waals surface area contributed by atoms with Crippen LogP contribution in [0.25, 0.3) is 0 Å². The Balaban J connectivity index is 2.03. The van der Waals surface area contributed by atoms with E-state index >= 15 is 0 Å². The van der Waals surface area contributed by atoms with Gasteiger partial charge in [-0.2, -0.15) is 0 Å². The summed E-state index contributed by atoms with van der Waals surface area (Å²) in [5, 5.41) is 0.747. The van der Waals surface area contributed by atoms with Gasteiger partial charge in [-0.1, -0.05) is 17.7 Å². The van der Waals surface area contributed by atoms with Crippen LogP contribution in [0.1, 0.15) is 18.4 Å². The Labute approximate surface area is 83.7 Å². The molecule has 70 valence electrons. The second-order valence-corrected chi connectivity index (χ2v) is 4.10. The first-order valence-corrected chi connectivity index (χ1v) is 5.02. The van der Waals surface area contributed by atoms with E-state index < -0.39 is 0 Å². The molecule has 1 nitrogen and oxygen atoms in total. The van der Waals surface area contributed by atoms with Crippen molar-refractivity contribution in [2.45, 2.75) is 19.8 Å². The lowest BCUT2D eigenvalue weighted by Crippen LogP contribution is -2.00. The fraction of sp³-hybridized carbons (Fsp3) is 0.455. The predicted molar refractivity (Wildman–Crippen MR) is 54.4 cm³/mol. The number of halogens is 1. The van der Waals surface area contributed by atoms with E-state index in [9.17, 15) is 0 Å². The summed E-state index contributed by atoms with van der Waals surface area (Å²) in [6, 6.07) is 5.77. The molecular weight excluding hydrogens is 184 g/mol. The zero-order chi connectivity index (χ0) is 9.26. The molecule has 0 atom stereocenters. The van der Waals surface area contributed by atoms with Crippen LogP contribution in [-0.2, 0) is 0 Å². The third-order valence-corrected chi connectivity index (χ3v) is 2.56. The van der Waals surface area contributed by atoms with Crippen LogP contribution in [0.15, 0.2) is 18.2 Å². The Morgan fingerprint density at radius 2 is 2.23 bits per heavy atom. The molecule has 0 N–H and O–H groups in total. The zero-order valence-electron chi connectivity index (χ0n) is 7.72. The SMILES string of the molecule is Cc1ccc(Cl)cc1OCC1CC1. The van der Waals surface area contributed by atoms with Crippen molar-refractivity contribution < 1.29 is 4.74 Å². The molecule has 1 aromatic carbocycles. The van der Waals surface area contributed by atoms with Gasteiger partial charge in [-0.15, -0.1) is 0 Å². The van der Waals surface area contributed by atoms with E-state index in [1.165, 1.54) is 12.8 Å². The van der Waals surface area contributed by atoms with E-state index in [1.807, 2.05) is 25.1 Å². The lowest BCUT2D eigenvalue weighted by molar-refractivity contribution is 0.298. The molecule has 1 fully saturated rings. The first kappa shape index (κ1) is 8.89. The van der Waals surface area contributed by atoms with Gasteiger partial charge in [-0.05, 0) is 43.4 Å². The summed E-state index contributed by atoms with van der Waals surface area (Å²) in [6.45, 7) is 2.89. The number of aryl methyl sites for hydroxylation is 1. The van der Waals surface area contributed by atoms with Gasteiger partial charge in [0.2, 0.25) is 0 Å². The van der Waals surface area contributed by atoms with Gasteiger partial charge in [0, 0.05) is 5.02 Å². The van der Waals surface area contributed by atoms with Gasteiger partial charge in [-0.3, -0.25) is 0 Å². The minimum absolute atomic E-state index is 0.747. The number of hydrogen-bond donors (Lipinski definition) is 0. The van der Waals surface area contributed by atoms with Gasteiger partial charge in [-0.25, -0.2) is 0 Å². The minimum atomic E-state index is 0.747. The van der Waals surface area contributed by atoms with E-state index in [2.05, 4.69) is 0 Å². The highest BCUT2D eigenvalue weighted by molar-refractivity contribution is 6.30. The highest BCUT2D eigenvalue weighted by atomic mass is 35.5. The maximum absolute atomic E-state index is 5.87. The Morgan fingerprint density at radius 3 is 2.92 bits per heavy atom. The smallest absolute Gasteiger partial charge is 0.123 e. The average molecular weight is 197 g/mol. The molecule has 0 aliphatic heterocycles. The summed E-state index contributed by atoms with van der Waals surface area (Å²) in [4.78, 5) is 0. The summed E-state index contributed by atoms with van der Waals surface area (Å²) in [5.41, 5.74) is 1.16. The Hall–Kier alpha value is -0.690. The molecule has 1 aliphatic rings. The molecule has 1 aromatic rings. The van der Waals surface area contributed by atoms with E-state index in [0.29, 0.717) is 0 Å². The molecule has 2 rings (SSSR count). The molecule has 0 saturated heterocycles. The number of benzene rings is 1. The molecule has 0 unspecified atom stereocenters. The van der Waals surface area contributed by atoms with E-state index in [4.69, 9.17) is 16.3 Å². The van der Waals surface area contributed by atoms with Gasteiger partial charge in [0.15, 0.2) is 0 Å². The van der Waals surface area contributed by atoms with Crippen LogP contribution in [0.3, 0.4) is 0 Å². The van der Waals surface area contributed by atoms with Crippen molar-refractivity contribution in [1.29, 1.82) is 0 Å². The molecule has 1 aliphatic carbocycles. The van der Waals surface area contributed by atoms with Gasteiger partial charge in [0.25, 0.3) is 0 Å². The summed E-state index contributed by atoms with van der Waals surface area (Å²) >= 11 is 5.87. The number of rotatable bonds is 3. The molecule has 0 bridgehead atoms. The summed E-state index contributed by atoms with van der Waals surface area (Å²) in [6.07, 6.45) is 2.64. The van der Waals surface area contributed by atoms with Crippen LogP contribution in [0.2, 0.25) is 5.02 Å². The van der Waals surface area contributed by atoms with Crippen molar-refractivity contribution in [2.24, 2.45) is 5.92 Å². The predicted octanol–water partition coefficient (Wildman–Crippen LogP) is 3.44. The van der Waals surface area contributed by atoms with Crippen LogP contribution >= 0.6 is 11.6 Å². The molecule has 0 amide bonds. The second-order valence-electron chi connectivity index (χ2n) is 3.66. The standard InChI is InChI=1S/C11H13ClO/c1-8-2-5-10(12)6-11(8)13-7-9-3-4-9/h2,5-6,9H,3-4,7H2,1H3. The van der Waals surface area contributed by atoms with Crippen LogP contribution in [-0.4, -0.2) is 6.61 Å². The lowest BCUT2D eigenvalue weighted by Gasteiger charge is -2.08. The molecule has 2 heteroatoms. The second kappa shape index (κ2) is 3.59. The highest BCUT2D eigenvalue weighted by Crippen LogP contribution is 2.31. The molecule has 0 spiro atoms. The van der Waals surface area contributed by atoms with E-state index in [-0.39, 0.29) is 0 Å². The molecule has 0 radical (unpaired) electrons. The van der Waals surface area contributed by atoms with E-state index in [1.54, 1.807) is 0 Å². The third kappa shape index (κ3) is 2.38. The molecule has 0 aromatic heterocycles. The van der Waals surface area contributed by atoms with Crippen molar-refractivity contribution in [1.82, 2.24) is 0 Å². The quantitative estimate of drug-likeness (QED) is 0.720. The Kier molecular flexibility index (Phi) is 2.45. The topological polar surface area (TPSA) is 9.23 Å². The van der Waals surface area contributed by atoms with Crippen LogP contribution in [0.5, 0.6) is 5.75 Å². The fourth-order valence-corrected chi connectivity index (χ4v) is 1.38. The van der Waals surface area contributed by atoms with Gasteiger partial charge in [0.1, 0.15) is 5.75 Å². The summed E-state index contributed by atoms with van der Waals surface area (Å²) < 4.78 is 5.66. The lowest BCUT2D eigenvalue weighted by atomic mass is 10.2. The molecule has 1 saturated carbocycles. The number of ether oxygens (including phenoxy) is 1. The van der Waals surface area contributed by atoms with Crippen LogP contribution in [0.4, 0.5) is 0 Å². The first-order valence-electron chi connectivity index (χ1n) is 4.64. The molecule has 0 heterocycles. The highest BCUT2D eigenvalue weighted by Gasteiger charge is 2.22. The Bertz CT molecular complexity index is 305. The van der Waals surface area contributed by atoms with Crippen molar-refractivity contribution in [3.8, 4) is 5.75 Å². The third-order valence-electron chi connectivity index (χ3n) is 2.32. The zero-order valence-corrected chi connectivity index (χ0v) is 8.47. The van der Waals surface area contributed by atoms with Gasteiger partial charge in [0.05, 0.1) is 6.61 Å². The van der Waals surface area contributed by atoms with Crippen LogP contribution in [0, 0.1) is 12.8 Å². The monoisotopic (exact) mass is 196 g/mol. The van der Waals surface area contributed by atoms with Crippen molar-refractivity contribution in [2.75, 3.05) is 6.61 Å². The average Bonchev–Trinajstić information content (AvgIpc) is 2.90. The molecular formula is C11H13ClO. The first-order chi connectivity index (χ1) is 6.25. The van der Waals surface area contributed by atoms with E-state index in [0.717, 1.165) is 28.9 Å². The summed E-state index contributed by atoms with van der Waals surface area (Å²) in [7, 11) is 0. The van der Waals surface area contributed by atoms with Gasteiger partial charge < -0.3 is 4.74 Å². The fourth-order valence-electron chi connectivity index (χ4n) is 1.22. The maximum Gasteiger partial charge on any atom is 0.123 e. The van der Waals surface area contributed by atoms with Crippen molar-refractivity contribution in [3.63, 3.8) is 0 Å². The Morgan fingerprint density at radius 1 is 1.46 bits per heavy atom. The largest absolute Gasteiger partial charge is 0.493 e. The van der Waals surface area contributed by atoms with Crippen LogP contribution < -0.4 is 4.74 Å². The number of hydrogen-bond acceptors (Lipinski definition) is 1. The normalized spacial score (nSPS) is 15.8. The maximum atomic E-state index is 5.87.